The number of nitrogens with one attached hydrogen (secondary N) is 1. The third-order valence-electron chi connectivity index (χ3n) is 4.88. The number of H-pyrrole nitrogens is 1. The third kappa shape index (κ3) is 3.60. The molecule has 0 saturated heterocycles. The van der Waals surface area contributed by atoms with Crippen LogP contribution in [0.3, 0.4) is 0 Å². The highest BCUT2D eigenvalue weighted by molar-refractivity contribution is 6.09. The van der Waals surface area contributed by atoms with Crippen molar-refractivity contribution in [2.45, 2.75) is 13.8 Å². The average molecular weight is 428 g/mol. The highest BCUT2D eigenvalue weighted by Crippen LogP contribution is 2.32. The minimum atomic E-state index is -0.609. The highest BCUT2D eigenvalue weighted by atomic mass is 19.1. The molecule has 4 heterocycles. The zero-order valence-electron chi connectivity index (χ0n) is 17.7. The summed E-state index contributed by atoms with van der Waals surface area (Å²) in [5.41, 5.74) is 9.42. The molecule has 0 spiro atoms. The first-order valence-corrected chi connectivity index (χ1v) is 9.74. The van der Waals surface area contributed by atoms with Crippen LogP contribution in [0, 0.1) is 12.7 Å². The molecule has 4 aromatic heterocycles. The van der Waals surface area contributed by atoms with Gasteiger partial charge in [0.2, 0.25) is 0 Å². The molecule has 3 N–H and O–H groups in total. The lowest BCUT2D eigenvalue weighted by atomic mass is 10.0. The number of aromatic nitrogens is 6. The summed E-state index contributed by atoms with van der Waals surface area (Å²) in [5, 5.41) is 0. The first kappa shape index (κ1) is 20.9. The number of hydrogen-bond donors (Lipinski definition) is 2. The Morgan fingerprint density at radius 2 is 2.12 bits per heavy atom. The molecule has 0 aliphatic heterocycles. The van der Waals surface area contributed by atoms with Gasteiger partial charge in [0, 0.05) is 41.5 Å². The Morgan fingerprint density at radius 1 is 1.31 bits per heavy atom. The van der Waals surface area contributed by atoms with Gasteiger partial charge in [-0.1, -0.05) is 19.2 Å². The normalized spacial score (nSPS) is 12.0. The minimum Gasteiger partial charge on any atom is -0.397 e. The van der Waals surface area contributed by atoms with Gasteiger partial charge in [0.1, 0.15) is 23.4 Å². The fraction of sp³-hybridized carbons (Fsp3) is 0.0870. The topological polar surface area (TPSA) is 111 Å². The van der Waals surface area contributed by atoms with Crippen LogP contribution in [-0.2, 0) is 0 Å². The zero-order valence-corrected chi connectivity index (χ0v) is 17.7. The number of hydrogen-bond acceptors (Lipinski definition) is 6. The van der Waals surface area contributed by atoms with Gasteiger partial charge in [0.25, 0.3) is 0 Å². The van der Waals surface area contributed by atoms with Gasteiger partial charge in [-0.2, -0.15) is 0 Å². The molecule has 8 nitrogen and oxygen atoms in total. The summed E-state index contributed by atoms with van der Waals surface area (Å²) in [6.07, 6.45) is 11.1. The van der Waals surface area contributed by atoms with Gasteiger partial charge >= 0.3 is 0 Å². The minimum absolute atomic E-state index is 0.107. The highest BCUT2D eigenvalue weighted by Gasteiger charge is 2.21. The number of imidazole rings is 2. The van der Waals surface area contributed by atoms with Gasteiger partial charge in [-0.3, -0.25) is 14.5 Å². The summed E-state index contributed by atoms with van der Waals surface area (Å²) in [4.78, 5) is 24.6. The van der Waals surface area contributed by atoms with E-state index in [-0.39, 0.29) is 16.9 Å². The maximum absolute atomic E-state index is 15.5. The Labute approximate surface area is 183 Å². The van der Waals surface area contributed by atoms with E-state index in [1.807, 2.05) is 13.1 Å². The molecule has 0 aliphatic rings. The van der Waals surface area contributed by atoms with Crippen molar-refractivity contribution in [3.05, 3.63) is 85.0 Å². The lowest BCUT2D eigenvalue weighted by Gasteiger charge is -2.12. The SMILES string of the molecule is C=CN=C/C(=C\C)c1ncc(N)c(C(=C)c2nc3c(-n4cnc(C)c4)nccc3[nH]2)c1F. The van der Waals surface area contributed by atoms with Crippen LogP contribution in [0.2, 0.25) is 0 Å². The number of fused-ring (bicyclic) bond motifs is 1. The third-order valence-corrected chi connectivity index (χ3v) is 4.88. The summed E-state index contributed by atoms with van der Waals surface area (Å²) < 4.78 is 17.3. The number of anilines is 1. The molecule has 4 rings (SSSR count). The van der Waals surface area contributed by atoms with Crippen molar-refractivity contribution in [2.75, 3.05) is 5.73 Å². The van der Waals surface area contributed by atoms with Crippen molar-refractivity contribution in [1.29, 1.82) is 0 Å². The number of aromatic amines is 1. The Kier molecular flexibility index (Phi) is 5.46. The number of allylic oxidation sites excluding steroid dienone is 2. The van der Waals surface area contributed by atoms with E-state index < -0.39 is 5.82 Å². The van der Waals surface area contributed by atoms with Gasteiger partial charge in [-0.25, -0.2) is 19.3 Å². The summed E-state index contributed by atoms with van der Waals surface area (Å²) in [6, 6.07) is 1.79. The number of nitrogen functional groups attached to an aromatic ring is 1. The molecule has 0 aliphatic carbocycles. The van der Waals surface area contributed by atoms with Crippen molar-refractivity contribution in [1.82, 2.24) is 29.5 Å². The number of halogens is 1. The monoisotopic (exact) mass is 428 g/mol. The zero-order chi connectivity index (χ0) is 22.8. The molecule has 0 bridgehead atoms. The number of nitrogens with two attached hydrogens (primary N) is 1. The standard InChI is InChI=1S/C23H21FN8/c1-5-15(9-26-6-2)20-19(24)18(16(25)10-28-20)14(4)22-30-17-7-8-27-23(21(17)31-22)32-11-13(3)29-12-32/h5-12H,2,4,25H2,1,3H3,(H,30,31)/b15-5+,26-9?. The fourth-order valence-corrected chi connectivity index (χ4v) is 3.32. The second-order valence-corrected chi connectivity index (χ2v) is 6.97. The maximum Gasteiger partial charge on any atom is 0.166 e. The van der Waals surface area contributed by atoms with Crippen LogP contribution < -0.4 is 5.73 Å². The quantitative estimate of drug-likeness (QED) is 0.446. The largest absolute Gasteiger partial charge is 0.397 e. The van der Waals surface area contributed by atoms with Crippen molar-refractivity contribution in [2.24, 2.45) is 4.99 Å². The number of rotatable bonds is 6. The molecule has 0 radical (unpaired) electrons. The Morgan fingerprint density at radius 3 is 2.81 bits per heavy atom. The second kappa shape index (κ2) is 8.38. The van der Waals surface area contributed by atoms with E-state index in [4.69, 9.17) is 5.73 Å². The fourth-order valence-electron chi connectivity index (χ4n) is 3.32. The maximum atomic E-state index is 15.5. The van der Waals surface area contributed by atoms with Crippen LogP contribution in [-0.4, -0.2) is 35.7 Å². The van der Waals surface area contributed by atoms with Crippen LogP contribution in [0.4, 0.5) is 10.1 Å². The van der Waals surface area contributed by atoms with Crippen LogP contribution in [0.5, 0.6) is 0 Å². The average Bonchev–Trinajstić information content (AvgIpc) is 3.41. The van der Waals surface area contributed by atoms with Gasteiger partial charge < -0.3 is 10.7 Å². The number of pyridine rings is 2. The molecule has 9 heteroatoms. The summed E-state index contributed by atoms with van der Waals surface area (Å²) in [6.45, 7) is 11.2. The number of aliphatic imine (C=N–C) groups is 1. The molecule has 0 aromatic carbocycles. The first-order valence-electron chi connectivity index (χ1n) is 9.74. The predicted octanol–water partition coefficient (Wildman–Crippen LogP) is 4.25. The van der Waals surface area contributed by atoms with Crippen LogP contribution >= 0.6 is 0 Å². The van der Waals surface area contributed by atoms with Crippen molar-refractivity contribution in [3.63, 3.8) is 0 Å². The summed E-state index contributed by atoms with van der Waals surface area (Å²) in [7, 11) is 0. The van der Waals surface area contributed by atoms with Crippen LogP contribution in [0.15, 0.2) is 61.4 Å². The van der Waals surface area contributed by atoms with Crippen molar-refractivity contribution >= 4 is 34.1 Å². The Hall–Kier alpha value is -4.40. The molecule has 0 saturated carbocycles. The van der Waals surface area contributed by atoms with E-state index in [9.17, 15) is 0 Å². The van der Waals surface area contributed by atoms with E-state index >= 15 is 4.39 Å². The van der Waals surface area contributed by atoms with Gasteiger partial charge in [0.05, 0.1) is 23.1 Å². The molecular formula is C23H21FN8. The van der Waals surface area contributed by atoms with Gasteiger partial charge in [-0.15, -0.1) is 0 Å². The van der Waals surface area contributed by atoms with E-state index in [2.05, 4.69) is 43.1 Å². The predicted molar refractivity (Wildman–Crippen MR) is 125 cm³/mol. The smallest absolute Gasteiger partial charge is 0.166 e. The lowest BCUT2D eigenvalue weighted by Crippen LogP contribution is -2.06. The number of aryl methyl sites for hydroxylation is 1. The second-order valence-electron chi connectivity index (χ2n) is 6.97. The molecule has 0 unspecified atom stereocenters. The molecule has 0 amide bonds. The summed E-state index contributed by atoms with van der Waals surface area (Å²) in [5.74, 6) is 0.359. The molecule has 0 atom stereocenters. The van der Waals surface area contributed by atoms with Gasteiger partial charge in [-0.05, 0) is 19.9 Å². The van der Waals surface area contributed by atoms with Crippen molar-refractivity contribution < 1.29 is 4.39 Å². The molecule has 32 heavy (non-hydrogen) atoms. The number of nitrogens with zero attached hydrogens (tertiary/aromatic N) is 6. The first-order chi connectivity index (χ1) is 15.4. The molecule has 4 aromatic rings. The van der Waals surface area contributed by atoms with E-state index in [0.717, 1.165) is 11.2 Å². The van der Waals surface area contributed by atoms with E-state index in [0.29, 0.717) is 28.3 Å². The molecule has 160 valence electrons. The van der Waals surface area contributed by atoms with Crippen molar-refractivity contribution in [3.8, 4) is 5.82 Å². The molecule has 0 fully saturated rings. The molecular weight excluding hydrogens is 407 g/mol. The van der Waals surface area contributed by atoms with E-state index in [1.54, 1.807) is 36.2 Å². The summed E-state index contributed by atoms with van der Waals surface area (Å²) >= 11 is 0. The Balaban J connectivity index is 1.82. The Bertz CT molecular complexity index is 1410. The van der Waals surface area contributed by atoms with E-state index in [1.165, 1.54) is 18.6 Å². The lowest BCUT2D eigenvalue weighted by molar-refractivity contribution is 0.614. The van der Waals surface area contributed by atoms with Gasteiger partial charge in [0.15, 0.2) is 11.6 Å². The van der Waals surface area contributed by atoms with Crippen LogP contribution in [0.25, 0.3) is 28.0 Å². The van der Waals surface area contributed by atoms with Crippen LogP contribution in [0.1, 0.15) is 29.7 Å².